The molecule has 5 heteroatoms. The van der Waals surface area contributed by atoms with Crippen molar-refractivity contribution in [1.82, 2.24) is 4.90 Å². The smallest absolute Gasteiger partial charge is 0.305 e. The number of hydrogen-bond acceptors (Lipinski definition) is 3. The Morgan fingerprint density at radius 2 is 1.82 bits per heavy atom. The summed E-state index contributed by atoms with van der Waals surface area (Å²) >= 11 is 0. The van der Waals surface area contributed by atoms with Gasteiger partial charge in [-0.1, -0.05) is 42.5 Å². The Bertz CT molecular complexity index is 833. The van der Waals surface area contributed by atoms with Crippen LogP contribution in [0.25, 0.3) is 0 Å². The van der Waals surface area contributed by atoms with Gasteiger partial charge < -0.3 is 14.7 Å². The van der Waals surface area contributed by atoms with Crippen LogP contribution < -0.4 is 4.74 Å². The predicted octanol–water partition coefficient (Wildman–Crippen LogP) is 3.83. The van der Waals surface area contributed by atoms with E-state index in [1.807, 2.05) is 54.6 Å². The molecular weight excluding hydrogens is 354 g/mol. The molecule has 2 aromatic carbocycles. The number of carboxylic acids is 1. The third-order valence-corrected chi connectivity index (χ3v) is 5.73. The van der Waals surface area contributed by atoms with Gasteiger partial charge in [-0.2, -0.15) is 0 Å². The van der Waals surface area contributed by atoms with E-state index in [1.54, 1.807) is 4.90 Å². The summed E-state index contributed by atoms with van der Waals surface area (Å²) < 4.78 is 5.82. The molecule has 3 atom stereocenters. The fraction of sp³-hybridized carbons (Fsp3) is 0.391. The van der Waals surface area contributed by atoms with Crippen LogP contribution in [0.3, 0.4) is 0 Å². The highest BCUT2D eigenvalue weighted by Gasteiger charge is 2.47. The lowest BCUT2D eigenvalue weighted by atomic mass is 10.1. The Morgan fingerprint density at radius 1 is 1.07 bits per heavy atom. The first-order chi connectivity index (χ1) is 13.6. The van der Waals surface area contributed by atoms with Crippen LogP contribution in [-0.4, -0.2) is 34.5 Å². The molecule has 2 aromatic rings. The minimum atomic E-state index is -0.830. The summed E-state index contributed by atoms with van der Waals surface area (Å²) in [5.41, 5.74) is 2.28. The number of carbonyl (C=O) groups is 2. The lowest BCUT2D eigenvalue weighted by Gasteiger charge is -2.23. The van der Waals surface area contributed by atoms with E-state index in [0.29, 0.717) is 13.2 Å². The molecule has 1 saturated heterocycles. The molecule has 1 N–H and O–H groups in total. The van der Waals surface area contributed by atoms with Crippen LogP contribution in [-0.2, 0) is 16.2 Å². The van der Waals surface area contributed by atoms with Gasteiger partial charge in [0.15, 0.2) is 0 Å². The van der Waals surface area contributed by atoms with Crippen molar-refractivity contribution in [1.29, 1.82) is 0 Å². The quantitative estimate of drug-likeness (QED) is 0.794. The van der Waals surface area contributed by atoms with E-state index < -0.39 is 5.97 Å². The molecule has 5 nitrogen and oxygen atoms in total. The van der Waals surface area contributed by atoms with E-state index in [0.717, 1.165) is 36.1 Å². The van der Waals surface area contributed by atoms with Gasteiger partial charge in [0.1, 0.15) is 12.4 Å². The summed E-state index contributed by atoms with van der Waals surface area (Å²) in [4.78, 5) is 25.6. The normalized spacial score (nSPS) is 23.4. The maximum atomic E-state index is 12.8. The second-order valence-electron chi connectivity index (χ2n) is 7.72. The molecule has 1 amide bonds. The van der Waals surface area contributed by atoms with Gasteiger partial charge in [0, 0.05) is 18.5 Å². The van der Waals surface area contributed by atoms with E-state index in [9.17, 15) is 9.59 Å². The lowest BCUT2D eigenvalue weighted by molar-refractivity contribution is -0.140. The highest BCUT2D eigenvalue weighted by Crippen LogP contribution is 2.49. The molecule has 0 bridgehead atoms. The number of carbonyl (C=O) groups excluding carboxylic acids is 1. The number of hydrogen-bond donors (Lipinski definition) is 1. The van der Waals surface area contributed by atoms with E-state index in [2.05, 4.69) is 0 Å². The SMILES string of the molecule is O=C(O)CC1CCCN1C(=O)C1CC1c1ccc(OCc2ccccc2)cc1. The van der Waals surface area contributed by atoms with Gasteiger partial charge in [-0.3, -0.25) is 9.59 Å². The highest BCUT2D eigenvalue weighted by molar-refractivity contribution is 5.84. The number of benzene rings is 2. The number of aliphatic carboxylic acids is 1. The minimum Gasteiger partial charge on any atom is -0.489 e. The van der Waals surface area contributed by atoms with Crippen molar-refractivity contribution in [3.8, 4) is 5.75 Å². The number of ether oxygens (including phenoxy) is 1. The highest BCUT2D eigenvalue weighted by atomic mass is 16.5. The van der Waals surface area contributed by atoms with Gasteiger partial charge in [0.25, 0.3) is 0 Å². The molecule has 0 aromatic heterocycles. The second-order valence-corrected chi connectivity index (χ2v) is 7.72. The monoisotopic (exact) mass is 379 g/mol. The molecule has 2 fully saturated rings. The fourth-order valence-corrected chi connectivity index (χ4v) is 4.14. The van der Waals surface area contributed by atoms with Crippen LogP contribution in [0.15, 0.2) is 54.6 Å². The molecule has 1 heterocycles. The summed E-state index contributed by atoms with van der Waals surface area (Å²) in [6, 6.07) is 17.9. The standard InChI is InChI=1S/C23H25NO4/c25-22(26)13-18-7-4-12-24(18)23(27)21-14-20(21)17-8-10-19(11-9-17)28-15-16-5-2-1-3-6-16/h1-3,5-6,8-11,18,20-21H,4,7,12-15H2,(H,25,26). The van der Waals surface area contributed by atoms with E-state index in [4.69, 9.17) is 9.84 Å². The van der Waals surface area contributed by atoms with E-state index in [1.165, 1.54) is 0 Å². The van der Waals surface area contributed by atoms with Gasteiger partial charge in [-0.05, 0) is 48.4 Å². The van der Waals surface area contributed by atoms with E-state index >= 15 is 0 Å². The van der Waals surface area contributed by atoms with Crippen LogP contribution in [0.4, 0.5) is 0 Å². The first-order valence-corrected chi connectivity index (χ1v) is 9.91. The van der Waals surface area contributed by atoms with Gasteiger partial charge >= 0.3 is 5.97 Å². The Hall–Kier alpha value is -2.82. The second kappa shape index (κ2) is 8.05. The molecule has 1 aliphatic heterocycles. The molecule has 1 aliphatic carbocycles. The van der Waals surface area contributed by atoms with Crippen LogP contribution in [0.2, 0.25) is 0 Å². The molecule has 2 aliphatic rings. The third kappa shape index (κ3) is 4.19. The van der Waals surface area contributed by atoms with Crippen molar-refractivity contribution in [2.24, 2.45) is 5.92 Å². The maximum absolute atomic E-state index is 12.8. The minimum absolute atomic E-state index is 0.00881. The van der Waals surface area contributed by atoms with Gasteiger partial charge in [-0.25, -0.2) is 0 Å². The zero-order valence-corrected chi connectivity index (χ0v) is 15.8. The average Bonchev–Trinajstić information content (AvgIpc) is 3.38. The molecule has 1 saturated carbocycles. The van der Waals surface area contributed by atoms with Crippen LogP contribution in [0.1, 0.15) is 42.7 Å². The molecule has 28 heavy (non-hydrogen) atoms. The molecule has 0 spiro atoms. The number of carboxylic acid groups (broad SMARTS) is 1. The first-order valence-electron chi connectivity index (χ1n) is 9.91. The molecule has 3 unspecified atom stereocenters. The Balaban J connectivity index is 1.32. The largest absolute Gasteiger partial charge is 0.489 e. The lowest BCUT2D eigenvalue weighted by Crippen LogP contribution is -2.38. The zero-order chi connectivity index (χ0) is 19.5. The number of rotatable bonds is 7. The zero-order valence-electron chi connectivity index (χ0n) is 15.8. The van der Waals surface area contributed by atoms with Crippen LogP contribution in [0, 0.1) is 5.92 Å². The Morgan fingerprint density at radius 3 is 2.54 bits per heavy atom. The van der Waals surface area contributed by atoms with Gasteiger partial charge in [0.2, 0.25) is 5.91 Å². The van der Waals surface area contributed by atoms with Crippen LogP contribution >= 0.6 is 0 Å². The molecule has 4 rings (SSSR count). The molecular formula is C23H25NO4. The van der Waals surface area contributed by atoms with Gasteiger partial charge in [0.05, 0.1) is 6.42 Å². The summed E-state index contributed by atoms with van der Waals surface area (Å²) in [5, 5.41) is 9.05. The fourth-order valence-electron chi connectivity index (χ4n) is 4.14. The van der Waals surface area contributed by atoms with Gasteiger partial charge in [-0.15, -0.1) is 0 Å². The molecule has 146 valence electrons. The summed E-state index contributed by atoms with van der Waals surface area (Å²) in [6.07, 6.45) is 2.59. The Kier molecular flexibility index (Phi) is 5.33. The van der Waals surface area contributed by atoms with Crippen molar-refractivity contribution < 1.29 is 19.4 Å². The average molecular weight is 379 g/mol. The Labute approximate surface area is 164 Å². The summed E-state index contributed by atoms with van der Waals surface area (Å²) in [7, 11) is 0. The van der Waals surface area contributed by atoms with Crippen molar-refractivity contribution in [2.45, 2.75) is 44.2 Å². The number of nitrogens with zero attached hydrogens (tertiary/aromatic N) is 1. The van der Waals surface area contributed by atoms with Crippen molar-refractivity contribution in [3.05, 3.63) is 65.7 Å². The molecule has 0 radical (unpaired) electrons. The first kappa shape index (κ1) is 18.5. The maximum Gasteiger partial charge on any atom is 0.305 e. The summed E-state index contributed by atoms with van der Waals surface area (Å²) in [5.74, 6) is 0.339. The van der Waals surface area contributed by atoms with Crippen LogP contribution in [0.5, 0.6) is 5.75 Å². The van der Waals surface area contributed by atoms with Crippen molar-refractivity contribution >= 4 is 11.9 Å². The topological polar surface area (TPSA) is 66.8 Å². The number of amides is 1. The van der Waals surface area contributed by atoms with Crippen molar-refractivity contribution in [2.75, 3.05) is 6.54 Å². The number of likely N-dealkylation sites (tertiary alicyclic amines) is 1. The summed E-state index contributed by atoms with van der Waals surface area (Å²) in [6.45, 7) is 1.22. The predicted molar refractivity (Wildman–Crippen MR) is 105 cm³/mol. The van der Waals surface area contributed by atoms with E-state index in [-0.39, 0.29) is 30.2 Å². The third-order valence-electron chi connectivity index (χ3n) is 5.73. The van der Waals surface area contributed by atoms with Crippen molar-refractivity contribution in [3.63, 3.8) is 0 Å².